The summed E-state index contributed by atoms with van der Waals surface area (Å²) in [6.07, 6.45) is 3.18. The van der Waals surface area contributed by atoms with Crippen LogP contribution < -0.4 is 26.4 Å². The summed E-state index contributed by atoms with van der Waals surface area (Å²) in [6.45, 7) is 2.15. The SMILES string of the molecule is CCCCc1ccc(NC(=O)c2c(Nc3ccccc3OC)sc(C(=O)Nc3ccccc3C#N)c2N)cc1. The van der Waals surface area contributed by atoms with Crippen LogP contribution in [0, 0.1) is 11.3 Å². The number of unbranched alkanes of at least 4 members (excludes halogenated alkanes) is 1. The van der Waals surface area contributed by atoms with Crippen molar-refractivity contribution in [1.82, 2.24) is 0 Å². The van der Waals surface area contributed by atoms with Gasteiger partial charge in [0.25, 0.3) is 11.8 Å². The molecule has 0 radical (unpaired) electrons. The number of thiophene rings is 1. The van der Waals surface area contributed by atoms with Crippen molar-refractivity contribution in [2.75, 3.05) is 28.8 Å². The second kappa shape index (κ2) is 12.6. The molecular formula is C30H29N5O3S. The molecule has 0 saturated heterocycles. The molecule has 0 aliphatic carbocycles. The highest BCUT2D eigenvalue weighted by Gasteiger charge is 2.27. The van der Waals surface area contributed by atoms with Crippen molar-refractivity contribution < 1.29 is 14.3 Å². The van der Waals surface area contributed by atoms with Gasteiger partial charge in [0.2, 0.25) is 0 Å². The number of nitrogen functional groups attached to an aromatic ring is 1. The minimum Gasteiger partial charge on any atom is -0.495 e. The van der Waals surface area contributed by atoms with E-state index in [1.807, 2.05) is 36.4 Å². The second-order valence-corrected chi connectivity index (χ2v) is 9.76. The molecule has 0 fully saturated rings. The quantitative estimate of drug-likeness (QED) is 0.175. The van der Waals surface area contributed by atoms with Gasteiger partial charge in [-0.1, -0.05) is 49.7 Å². The lowest BCUT2D eigenvalue weighted by Gasteiger charge is -2.12. The van der Waals surface area contributed by atoms with Crippen LogP contribution in [0.4, 0.5) is 27.8 Å². The van der Waals surface area contributed by atoms with Crippen LogP contribution in [0.2, 0.25) is 0 Å². The first-order valence-corrected chi connectivity index (χ1v) is 13.3. The zero-order valence-corrected chi connectivity index (χ0v) is 22.5. The van der Waals surface area contributed by atoms with E-state index < -0.39 is 11.8 Å². The number of anilines is 5. The predicted molar refractivity (Wildman–Crippen MR) is 157 cm³/mol. The first-order valence-electron chi connectivity index (χ1n) is 12.5. The molecule has 2 amide bonds. The summed E-state index contributed by atoms with van der Waals surface area (Å²) in [7, 11) is 1.55. The Labute approximate surface area is 231 Å². The number of amides is 2. The summed E-state index contributed by atoms with van der Waals surface area (Å²) in [5.74, 6) is -0.422. The summed E-state index contributed by atoms with van der Waals surface area (Å²) in [4.78, 5) is 26.9. The lowest BCUT2D eigenvalue weighted by atomic mass is 10.1. The number of ether oxygens (including phenoxy) is 1. The molecule has 0 atom stereocenters. The number of aryl methyl sites for hydroxylation is 1. The molecule has 0 bridgehead atoms. The molecule has 9 heteroatoms. The molecule has 0 aliphatic rings. The Bertz CT molecular complexity index is 1520. The van der Waals surface area contributed by atoms with E-state index in [9.17, 15) is 14.9 Å². The average Bonchev–Trinajstić information content (AvgIpc) is 3.28. The van der Waals surface area contributed by atoms with E-state index >= 15 is 0 Å². The fraction of sp³-hybridized carbons (Fsp3) is 0.167. The van der Waals surface area contributed by atoms with Crippen molar-refractivity contribution in [2.24, 2.45) is 0 Å². The fourth-order valence-corrected chi connectivity index (χ4v) is 5.02. The molecule has 0 aliphatic heterocycles. The van der Waals surface area contributed by atoms with E-state index in [0.717, 1.165) is 30.6 Å². The van der Waals surface area contributed by atoms with Gasteiger partial charge >= 0.3 is 0 Å². The lowest BCUT2D eigenvalue weighted by molar-refractivity contribution is 0.102. The number of carbonyl (C=O) groups is 2. The van der Waals surface area contributed by atoms with Crippen LogP contribution in [0.1, 0.15) is 50.9 Å². The molecule has 4 rings (SSSR count). The number of rotatable bonds is 10. The lowest BCUT2D eigenvalue weighted by Crippen LogP contribution is -2.16. The third kappa shape index (κ3) is 6.37. The number of hydrogen-bond acceptors (Lipinski definition) is 7. The van der Waals surface area contributed by atoms with Crippen molar-refractivity contribution in [1.29, 1.82) is 5.26 Å². The van der Waals surface area contributed by atoms with E-state index in [1.165, 1.54) is 5.56 Å². The van der Waals surface area contributed by atoms with Gasteiger partial charge in [-0.2, -0.15) is 5.26 Å². The number of hydrogen-bond donors (Lipinski definition) is 4. The van der Waals surface area contributed by atoms with Crippen LogP contribution in [0.15, 0.2) is 72.8 Å². The Hall–Kier alpha value is -4.81. The van der Waals surface area contributed by atoms with E-state index in [0.29, 0.717) is 33.4 Å². The average molecular weight is 540 g/mol. The highest BCUT2D eigenvalue weighted by Crippen LogP contribution is 2.40. The number of para-hydroxylation sites is 3. The first-order chi connectivity index (χ1) is 18.9. The van der Waals surface area contributed by atoms with Crippen molar-refractivity contribution >= 4 is 50.9 Å². The topological polar surface area (TPSA) is 129 Å². The van der Waals surface area contributed by atoms with Gasteiger partial charge in [0.1, 0.15) is 21.7 Å². The third-order valence-electron chi connectivity index (χ3n) is 6.06. The van der Waals surface area contributed by atoms with Gasteiger partial charge < -0.3 is 26.4 Å². The molecule has 0 unspecified atom stereocenters. The van der Waals surface area contributed by atoms with Crippen LogP contribution >= 0.6 is 11.3 Å². The molecule has 5 N–H and O–H groups in total. The molecule has 198 valence electrons. The van der Waals surface area contributed by atoms with Crippen LogP contribution in [0.3, 0.4) is 0 Å². The Kier molecular flexibility index (Phi) is 8.82. The Morgan fingerprint density at radius 3 is 2.33 bits per heavy atom. The normalized spacial score (nSPS) is 10.4. The fourth-order valence-electron chi connectivity index (χ4n) is 3.99. The van der Waals surface area contributed by atoms with E-state index in [2.05, 4.69) is 28.9 Å². The van der Waals surface area contributed by atoms with Crippen molar-refractivity contribution in [3.8, 4) is 11.8 Å². The van der Waals surface area contributed by atoms with Gasteiger partial charge in [-0.15, -0.1) is 11.3 Å². The monoisotopic (exact) mass is 539 g/mol. The summed E-state index contributed by atoms with van der Waals surface area (Å²) in [5.41, 5.74) is 9.69. The van der Waals surface area contributed by atoms with Crippen LogP contribution in [0.5, 0.6) is 5.75 Å². The van der Waals surface area contributed by atoms with E-state index in [4.69, 9.17) is 10.5 Å². The Morgan fingerprint density at radius 1 is 0.949 bits per heavy atom. The molecular weight excluding hydrogens is 510 g/mol. The maximum absolute atomic E-state index is 13.5. The smallest absolute Gasteiger partial charge is 0.267 e. The third-order valence-corrected chi connectivity index (χ3v) is 7.18. The van der Waals surface area contributed by atoms with Gasteiger partial charge in [0, 0.05) is 5.69 Å². The number of benzene rings is 3. The second-order valence-electron chi connectivity index (χ2n) is 8.74. The van der Waals surface area contributed by atoms with Gasteiger partial charge in [-0.25, -0.2) is 0 Å². The van der Waals surface area contributed by atoms with Gasteiger partial charge in [-0.3, -0.25) is 9.59 Å². The Morgan fingerprint density at radius 2 is 1.64 bits per heavy atom. The van der Waals surface area contributed by atoms with Gasteiger partial charge in [0.05, 0.1) is 35.3 Å². The first kappa shape index (κ1) is 27.2. The molecule has 39 heavy (non-hydrogen) atoms. The highest BCUT2D eigenvalue weighted by atomic mass is 32.1. The van der Waals surface area contributed by atoms with E-state index in [1.54, 1.807) is 43.5 Å². The van der Waals surface area contributed by atoms with Crippen molar-refractivity contribution in [3.63, 3.8) is 0 Å². The molecule has 3 aromatic carbocycles. The Balaban J connectivity index is 1.68. The van der Waals surface area contributed by atoms with Gasteiger partial charge in [0.15, 0.2) is 0 Å². The maximum Gasteiger partial charge on any atom is 0.267 e. The van der Waals surface area contributed by atoms with Crippen LogP contribution in [-0.4, -0.2) is 18.9 Å². The number of nitriles is 1. The summed E-state index contributed by atoms with van der Waals surface area (Å²) >= 11 is 1.04. The number of nitrogens with two attached hydrogens (primary N) is 1. The zero-order chi connectivity index (χ0) is 27.8. The molecule has 1 aromatic heterocycles. The van der Waals surface area contributed by atoms with Gasteiger partial charge in [-0.05, 0) is 54.8 Å². The maximum atomic E-state index is 13.5. The summed E-state index contributed by atoms with van der Waals surface area (Å²) in [6, 6.07) is 23.6. The number of nitrogens with one attached hydrogen (secondary N) is 3. The van der Waals surface area contributed by atoms with Crippen molar-refractivity contribution in [2.45, 2.75) is 26.2 Å². The minimum atomic E-state index is -0.525. The zero-order valence-electron chi connectivity index (χ0n) is 21.7. The van der Waals surface area contributed by atoms with Crippen LogP contribution in [0.25, 0.3) is 0 Å². The number of methoxy groups -OCH3 is 1. The molecule has 0 spiro atoms. The van der Waals surface area contributed by atoms with E-state index in [-0.39, 0.29) is 16.1 Å². The predicted octanol–water partition coefficient (Wildman–Crippen LogP) is 6.80. The minimum absolute atomic E-state index is 0.0291. The molecule has 1 heterocycles. The summed E-state index contributed by atoms with van der Waals surface area (Å²) < 4.78 is 5.44. The standard InChI is InChI=1S/C30H29N5O3S/c1-3-4-9-19-14-16-21(17-15-19)33-28(36)25-26(32)27(29(37)34-22-11-6-5-10-20(22)18-31)39-30(25)35-23-12-7-8-13-24(23)38-2/h5-8,10-17,35H,3-4,9,32H2,1-2H3,(H,33,36)(H,34,37). The highest BCUT2D eigenvalue weighted by molar-refractivity contribution is 7.19. The molecule has 8 nitrogen and oxygen atoms in total. The largest absolute Gasteiger partial charge is 0.495 e. The summed E-state index contributed by atoms with van der Waals surface area (Å²) in [5, 5.41) is 18.6. The number of carbonyl (C=O) groups excluding carboxylic acids is 2. The number of nitrogens with zero attached hydrogens (tertiary/aromatic N) is 1. The molecule has 0 saturated carbocycles. The van der Waals surface area contributed by atoms with Crippen LogP contribution in [-0.2, 0) is 6.42 Å². The molecule has 4 aromatic rings. The van der Waals surface area contributed by atoms with Crippen molar-refractivity contribution in [3.05, 3.63) is 94.4 Å².